The zero-order valence-electron chi connectivity index (χ0n) is 16.7. The van der Waals surface area contributed by atoms with Gasteiger partial charge in [0, 0.05) is 11.1 Å². The molecule has 1 heterocycles. The largest absolute Gasteiger partial charge is 0.497 e. The van der Waals surface area contributed by atoms with E-state index < -0.39 is 0 Å². The number of aromatic nitrogens is 2. The van der Waals surface area contributed by atoms with Gasteiger partial charge in [0.15, 0.2) is 11.5 Å². The van der Waals surface area contributed by atoms with Crippen LogP contribution in [0.4, 0.5) is 0 Å². The minimum Gasteiger partial charge on any atom is -0.497 e. The van der Waals surface area contributed by atoms with Crippen molar-refractivity contribution in [3.8, 4) is 28.8 Å². The van der Waals surface area contributed by atoms with Crippen LogP contribution in [0.5, 0.6) is 5.75 Å². The van der Waals surface area contributed by atoms with E-state index in [1.54, 1.807) is 31.4 Å². The van der Waals surface area contributed by atoms with Crippen LogP contribution in [-0.2, 0) is 0 Å². The number of carbonyl (C=O) groups excluding carboxylic acids is 1. The fraction of sp³-hybridized carbons (Fsp3) is 0.0800. The number of aryl methyl sites for hydroxylation is 1. The quantitative estimate of drug-likeness (QED) is 0.450. The Morgan fingerprint density at radius 1 is 0.967 bits per heavy atom. The molecule has 0 aliphatic carbocycles. The average molecular weight is 393 g/mol. The summed E-state index contributed by atoms with van der Waals surface area (Å²) in [5.74, 6) is 0.401. The molecule has 0 spiro atoms. The van der Waals surface area contributed by atoms with Gasteiger partial charge in [0.25, 0.3) is 0 Å². The van der Waals surface area contributed by atoms with Gasteiger partial charge >= 0.3 is 0 Å². The smallest absolute Gasteiger partial charge is 0.198 e. The molecule has 0 unspecified atom stereocenters. The standard InChI is InChI=1S/C25H19N3O2/c1-17-8-10-18(11-9-17)24-23(25(29)19-12-14-21(30-2)15-13-19)22(16-26)28(27-24)20-6-4-3-5-7-20/h3-15H,1-2H3. The van der Waals surface area contributed by atoms with Crippen molar-refractivity contribution in [2.24, 2.45) is 0 Å². The van der Waals surface area contributed by atoms with Crippen molar-refractivity contribution in [3.63, 3.8) is 0 Å². The fourth-order valence-corrected chi connectivity index (χ4v) is 3.29. The number of rotatable bonds is 5. The number of ketones is 1. The van der Waals surface area contributed by atoms with Crippen molar-refractivity contribution in [3.05, 3.63) is 101 Å². The normalized spacial score (nSPS) is 10.4. The second-order valence-corrected chi connectivity index (χ2v) is 6.86. The molecule has 4 rings (SSSR count). The lowest BCUT2D eigenvalue weighted by Gasteiger charge is -2.05. The summed E-state index contributed by atoms with van der Waals surface area (Å²) in [5, 5.41) is 14.6. The molecule has 0 aliphatic heterocycles. The molecule has 3 aromatic carbocycles. The van der Waals surface area contributed by atoms with E-state index in [0.29, 0.717) is 17.0 Å². The topological polar surface area (TPSA) is 67.9 Å². The number of nitrogens with zero attached hydrogens (tertiary/aromatic N) is 3. The third-order valence-corrected chi connectivity index (χ3v) is 4.90. The van der Waals surface area contributed by atoms with Gasteiger partial charge in [-0.3, -0.25) is 4.79 Å². The van der Waals surface area contributed by atoms with E-state index in [1.807, 2.05) is 61.5 Å². The van der Waals surface area contributed by atoms with Crippen molar-refractivity contribution in [1.29, 1.82) is 5.26 Å². The third-order valence-electron chi connectivity index (χ3n) is 4.90. The van der Waals surface area contributed by atoms with Crippen molar-refractivity contribution >= 4 is 5.78 Å². The van der Waals surface area contributed by atoms with Gasteiger partial charge < -0.3 is 4.74 Å². The van der Waals surface area contributed by atoms with Crippen LogP contribution in [0.25, 0.3) is 16.9 Å². The Morgan fingerprint density at radius 3 is 2.23 bits per heavy atom. The van der Waals surface area contributed by atoms with Gasteiger partial charge in [-0.2, -0.15) is 10.4 Å². The van der Waals surface area contributed by atoms with Crippen LogP contribution < -0.4 is 4.74 Å². The number of carbonyl (C=O) groups is 1. The molecule has 0 saturated heterocycles. The zero-order valence-corrected chi connectivity index (χ0v) is 16.7. The predicted octanol–water partition coefficient (Wildman–Crippen LogP) is 4.96. The van der Waals surface area contributed by atoms with Crippen molar-refractivity contribution in [2.45, 2.75) is 6.92 Å². The number of benzene rings is 3. The molecule has 5 heteroatoms. The molecule has 0 bridgehead atoms. The summed E-state index contributed by atoms with van der Waals surface area (Å²) >= 11 is 0. The highest BCUT2D eigenvalue weighted by molar-refractivity contribution is 6.13. The Bertz CT molecular complexity index is 1230. The van der Waals surface area contributed by atoms with E-state index in [1.165, 1.54) is 4.68 Å². The SMILES string of the molecule is COc1ccc(C(=O)c2c(-c3ccc(C)cc3)nn(-c3ccccc3)c2C#N)cc1. The predicted molar refractivity (Wildman–Crippen MR) is 115 cm³/mol. The van der Waals surface area contributed by atoms with Crippen LogP contribution in [0.2, 0.25) is 0 Å². The Kier molecular flexibility index (Phi) is 5.15. The van der Waals surface area contributed by atoms with E-state index in [9.17, 15) is 10.1 Å². The van der Waals surface area contributed by atoms with E-state index in [0.717, 1.165) is 16.8 Å². The Hall–Kier alpha value is -4.17. The molecule has 0 radical (unpaired) electrons. The Balaban J connectivity index is 1.94. The van der Waals surface area contributed by atoms with Gasteiger partial charge in [-0.15, -0.1) is 0 Å². The number of hydrogen-bond donors (Lipinski definition) is 0. The van der Waals surface area contributed by atoms with Crippen LogP contribution in [0.1, 0.15) is 27.2 Å². The molecule has 4 aromatic rings. The molecule has 0 aliphatic rings. The summed E-state index contributed by atoms with van der Waals surface area (Å²) in [6, 6.07) is 26.1. The molecule has 0 fully saturated rings. The van der Waals surface area contributed by atoms with E-state index in [-0.39, 0.29) is 17.0 Å². The van der Waals surface area contributed by atoms with Gasteiger partial charge in [0.05, 0.1) is 18.4 Å². The second kappa shape index (κ2) is 8.06. The number of methoxy groups -OCH3 is 1. The number of hydrogen-bond acceptors (Lipinski definition) is 4. The summed E-state index contributed by atoms with van der Waals surface area (Å²) in [6.45, 7) is 2.00. The summed E-state index contributed by atoms with van der Waals surface area (Å²) < 4.78 is 6.72. The molecule has 1 aromatic heterocycles. The molecular formula is C25H19N3O2. The molecular weight excluding hydrogens is 374 g/mol. The number of para-hydroxylation sites is 1. The van der Waals surface area contributed by atoms with Gasteiger partial charge in [-0.1, -0.05) is 48.0 Å². The first-order chi connectivity index (χ1) is 14.6. The second-order valence-electron chi connectivity index (χ2n) is 6.86. The highest BCUT2D eigenvalue weighted by atomic mass is 16.5. The maximum atomic E-state index is 13.5. The number of nitriles is 1. The van der Waals surface area contributed by atoms with Crippen molar-refractivity contribution < 1.29 is 9.53 Å². The van der Waals surface area contributed by atoms with Gasteiger partial charge in [-0.05, 0) is 43.3 Å². The third kappa shape index (κ3) is 3.47. The van der Waals surface area contributed by atoms with E-state index >= 15 is 0 Å². The van der Waals surface area contributed by atoms with Crippen LogP contribution in [0, 0.1) is 18.3 Å². The molecule has 0 N–H and O–H groups in total. The minimum absolute atomic E-state index is 0.206. The molecule has 0 amide bonds. The van der Waals surface area contributed by atoms with Gasteiger partial charge in [0.2, 0.25) is 0 Å². The first-order valence-electron chi connectivity index (χ1n) is 9.46. The zero-order chi connectivity index (χ0) is 21.1. The summed E-state index contributed by atoms with van der Waals surface area (Å²) in [6.07, 6.45) is 0. The van der Waals surface area contributed by atoms with Crippen molar-refractivity contribution in [1.82, 2.24) is 9.78 Å². The lowest BCUT2D eigenvalue weighted by atomic mass is 9.97. The minimum atomic E-state index is -0.257. The Labute approximate surface area is 174 Å². The van der Waals surface area contributed by atoms with E-state index in [4.69, 9.17) is 4.74 Å². The lowest BCUT2D eigenvalue weighted by Crippen LogP contribution is -2.06. The van der Waals surface area contributed by atoms with Crippen LogP contribution in [0.15, 0.2) is 78.9 Å². The summed E-state index contributed by atoms with van der Waals surface area (Å²) in [7, 11) is 1.57. The highest BCUT2D eigenvalue weighted by Crippen LogP contribution is 2.30. The highest BCUT2D eigenvalue weighted by Gasteiger charge is 2.26. The first kappa shape index (κ1) is 19.2. The lowest BCUT2D eigenvalue weighted by molar-refractivity contribution is 0.103. The molecule has 0 saturated carbocycles. The molecule has 5 nitrogen and oxygen atoms in total. The van der Waals surface area contributed by atoms with Crippen LogP contribution in [-0.4, -0.2) is 22.7 Å². The first-order valence-corrected chi connectivity index (χ1v) is 9.46. The molecule has 146 valence electrons. The number of ether oxygens (including phenoxy) is 1. The molecule has 30 heavy (non-hydrogen) atoms. The molecule has 0 atom stereocenters. The summed E-state index contributed by atoms with van der Waals surface area (Å²) in [4.78, 5) is 13.5. The van der Waals surface area contributed by atoms with Gasteiger partial charge in [-0.25, -0.2) is 4.68 Å². The average Bonchev–Trinajstić information content (AvgIpc) is 3.19. The fourth-order valence-electron chi connectivity index (χ4n) is 3.29. The summed E-state index contributed by atoms with van der Waals surface area (Å²) in [5.41, 5.74) is 4.04. The van der Waals surface area contributed by atoms with Crippen LogP contribution >= 0.6 is 0 Å². The van der Waals surface area contributed by atoms with Crippen LogP contribution in [0.3, 0.4) is 0 Å². The maximum absolute atomic E-state index is 13.5. The monoisotopic (exact) mass is 393 g/mol. The van der Waals surface area contributed by atoms with Gasteiger partial charge in [0.1, 0.15) is 17.5 Å². The maximum Gasteiger partial charge on any atom is 0.198 e. The van der Waals surface area contributed by atoms with Crippen molar-refractivity contribution in [2.75, 3.05) is 7.11 Å². The Morgan fingerprint density at radius 2 is 1.63 bits per heavy atom. The van der Waals surface area contributed by atoms with E-state index in [2.05, 4.69) is 11.2 Å².